The number of hydrogen-bond donors (Lipinski definition) is 2. The molecule has 2 heterocycles. The van der Waals surface area contributed by atoms with E-state index >= 15 is 0 Å². The molecule has 0 spiro atoms. The Morgan fingerprint density at radius 1 is 1.29 bits per heavy atom. The maximum atomic E-state index is 12.6. The van der Waals surface area contributed by atoms with E-state index in [1.165, 1.54) is 22.2 Å². The predicted octanol–water partition coefficient (Wildman–Crippen LogP) is 1.88. The van der Waals surface area contributed by atoms with Crippen LogP contribution in [0.1, 0.15) is 29.7 Å². The van der Waals surface area contributed by atoms with Gasteiger partial charge in [0.05, 0.1) is 11.5 Å². The second-order valence-electron chi connectivity index (χ2n) is 7.18. The minimum absolute atomic E-state index is 0.00440. The highest BCUT2D eigenvalue weighted by Crippen LogP contribution is 2.32. The summed E-state index contributed by atoms with van der Waals surface area (Å²) in [6.45, 7) is 2.08. The molecule has 24 heavy (non-hydrogen) atoms. The van der Waals surface area contributed by atoms with Gasteiger partial charge in [-0.05, 0) is 50.3 Å². The fourth-order valence-electron chi connectivity index (χ4n) is 3.98. The highest BCUT2D eigenvalue weighted by atomic mass is 32.2. The Bertz CT molecular complexity index is 914. The van der Waals surface area contributed by atoms with Gasteiger partial charge in [-0.15, -0.1) is 0 Å². The van der Waals surface area contributed by atoms with Crippen molar-refractivity contribution in [3.63, 3.8) is 0 Å². The van der Waals surface area contributed by atoms with Gasteiger partial charge in [-0.3, -0.25) is 4.79 Å². The van der Waals surface area contributed by atoms with Crippen molar-refractivity contribution in [1.29, 1.82) is 0 Å². The zero-order chi connectivity index (χ0) is 16.9. The van der Waals surface area contributed by atoms with Crippen LogP contribution in [0.5, 0.6) is 0 Å². The number of H-pyrrole nitrogens is 1. The molecule has 4 rings (SSSR count). The van der Waals surface area contributed by atoms with E-state index in [0.717, 1.165) is 24.8 Å². The summed E-state index contributed by atoms with van der Waals surface area (Å²) >= 11 is 0. The molecule has 5 nitrogen and oxygen atoms in total. The number of rotatable bonds is 2. The first-order valence-electron chi connectivity index (χ1n) is 8.52. The van der Waals surface area contributed by atoms with Gasteiger partial charge in [0.15, 0.2) is 9.84 Å². The maximum absolute atomic E-state index is 12.6. The van der Waals surface area contributed by atoms with Crippen molar-refractivity contribution >= 4 is 26.6 Å². The molecule has 128 valence electrons. The van der Waals surface area contributed by atoms with E-state index in [4.69, 9.17) is 0 Å². The van der Waals surface area contributed by atoms with E-state index in [9.17, 15) is 13.2 Å². The van der Waals surface area contributed by atoms with Crippen LogP contribution in [-0.2, 0) is 27.5 Å². The van der Waals surface area contributed by atoms with Gasteiger partial charge in [0, 0.05) is 28.6 Å². The lowest BCUT2D eigenvalue weighted by Crippen LogP contribution is -2.41. The van der Waals surface area contributed by atoms with E-state index < -0.39 is 9.84 Å². The Labute approximate surface area is 141 Å². The fraction of sp³-hybridized carbons (Fsp3) is 0.500. The summed E-state index contributed by atoms with van der Waals surface area (Å²) in [4.78, 5) is 16.1. The van der Waals surface area contributed by atoms with E-state index in [2.05, 4.69) is 35.4 Å². The molecule has 2 atom stereocenters. The zero-order valence-corrected chi connectivity index (χ0v) is 14.6. The Morgan fingerprint density at radius 2 is 2.12 bits per heavy atom. The van der Waals surface area contributed by atoms with E-state index in [1.807, 2.05) is 0 Å². The van der Waals surface area contributed by atoms with Crippen molar-refractivity contribution in [3.8, 4) is 0 Å². The summed E-state index contributed by atoms with van der Waals surface area (Å²) < 4.78 is 23.1. The molecule has 1 aliphatic heterocycles. The van der Waals surface area contributed by atoms with Crippen molar-refractivity contribution < 1.29 is 13.2 Å². The van der Waals surface area contributed by atoms with Crippen LogP contribution in [0.2, 0.25) is 0 Å². The first kappa shape index (κ1) is 15.7. The third-order valence-electron chi connectivity index (χ3n) is 5.29. The van der Waals surface area contributed by atoms with Crippen LogP contribution in [0.15, 0.2) is 18.2 Å². The van der Waals surface area contributed by atoms with Crippen LogP contribution in [0.25, 0.3) is 10.9 Å². The van der Waals surface area contributed by atoms with E-state index in [-0.39, 0.29) is 29.4 Å². The Hall–Kier alpha value is -1.82. The topological polar surface area (TPSA) is 79.0 Å². The maximum Gasteiger partial charge on any atom is 0.223 e. The lowest BCUT2D eigenvalue weighted by Gasteiger charge is -2.23. The zero-order valence-electron chi connectivity index (χ0n) is 13.8. The second-order valence-corrected chi connectivity index (χ2v) is 9.41. The molecule has 1 aromatic heterocycles. The van der Waals surface area contributed by atoms with Gasteiger partial charge in [0.1, 0.15) is 0 Å². The number of fused-ring (bicyclic) bond motifs is 3. The molecule has 0 bridgehead atoms. The molecule has 6 heteroatoms. The van der Waals surface area contributed by atoms with Crippen molar-refractivity contribution in [1.82, 2.24) is 10.3 Å². The number of aromatic amines is 1. The Balaban J connectivity index is 1.52. The van der Waals surface area contributed by atoms with E-state index in [1.54, 1.807) is 0 Å². The minimum Gasteiger partial charge on any atom is -0.358 e. The molecule has 2 aromatic rings. The standard InChI is InChI=1S/C18H22N2O3S/c1-11-2-4-16-14(8-11)15-9-12(3-5-17(15)20-16)18(21)19-13-6-7-24(22,23)10-13/h2,4,8,12-13,20H,3,5-7,9-10H2,1H3,(H,19,21). The summed E-state index contributed by atoms with van der Waals surface area (Å²) in [6, 6.07) is 6.15. The van der Waals surface area contributed by atoms with Gasteiger partial charge in [-0.2, -0.15) is 0 Å². The van der Waals surface area contributed by atoms with Crippen LogP contribution in [0.4, 0.5) is 0 Å². The summed E-state index contributed by atoms with van der Waals surface area (Å²) in [5, 5.41) is 4.17. The molecule has 0 saturated carbocycles. The van der Waals surface area contributed by atoms with Crippen LogP contribution in [0, 0.1) is 12.8 Å². The highest BCUT2D eigenvalue weighted by molar-refractivity contribution is 7.91. The van der Waals surface area contributed by atoms with Gasteiger partial charge >= 0.3 is 0 Å². The number of benzene rings is 1. The lowest BCUT2D eigenvalue weighted by molar-refractivity contribution is -0.125. The van der Waals surface area contributed by atoms with Gasteiger partial charge < -0.3 is 10.3 Å². The molecule has 2 unspecified atom stereocenters. The van der Waals surface area contributed by atoms with Crippen molar-refractivity contribution in [2.75, 3.05) is 11.5 Å². The number of aromatic nitrogens is 1. The van der Waals surface area contributed by atoms with Crippen LogP contribution in [-0.4, -0.2) is 36.9 Å². The molecule has 2 aliphatic rings. The molecular formula is C18H22N2O3S. The quantitative estimate of drug-likeness (QED) is 0.871. The number of hydrogen-bond acceptors (Lipinski definition) is 3. The average molecular weight is 346 g/mol. The van der Waals surface area contributed by atoms with Gasteiger partial charge in [0.2, 0.25) is 5.91 Å². The summed E-state index contributed by atoms with van der Waals surface area (Å²) in [7, 11) is -2.96. The predicted molar refractivity (Wildman–Crippen MR) is 93.8 cm³/mol. The minimum atomic E-state index is -2.96. The normalized spacial score (nSPS) is 25.5. The van der Waals surface area contributed by atoms with Crippen LogP contribution >= 0.6 is 0 Å². The van der Waals surface area contributed by atoms with Crippen LogP contribution < -0.4 is 5.32 Å². The second kappa shape index (κ2) is 5.62. The number of amides is 1. The Morgan fingerprint density at radius 3 is 2.88 bits per heavy atom. The molecule has 1 aliphatic carbocycles. The van der Waals surface area contributed by atoms with Crippen molar-refractivity contribution in [2.45, 2.75) is 38.6 Å². The summed E-state index contributed by atoms with van der Waals surface area (Å²) in [6.07, 6.45) is 2.94. The molecular weight excluding hydrogens is 324 g/mol. The molecule has 2 N–H and O–H groups in total. The number of carbonyl (C=O) groups is 1. The lowest BCUT2D eigenvalue weighted by atomic mass is 9.85. The first-order chi connectivity index (χ1) is 11.4. The van der Waals surface area contributed by atoms with Crippen LogP contribution in [0.3, 0.4) is 0 Å². The molecule has 1 aromatic carbocycles. The summed E-state index contributed by atoms with van der Waals surface area (Å²) in [5.74, 6) is 0.211. The van der Waals surface area contributed by atoms with Gasteiger partial charge in [-0.1, -0.05) is 11.6 Å². The first-order valence-corrected chi connectivity index (χ1v) is 10.3. The third kappa shape index (κ3) is 2.83. The smallest absolute Gasteiger partial charge is 0.223 e. The average Bonchev–Trinajstić information content (AvgIpc) is 3.06. The van der Waals surface area contributed by atoms with Gasteiger partial charge in [-0.25, -0.2) is 8.42 Å². The Kier molecular flexibility index (Phi) is 3.67. The molecule has 1 saturated heterocycles. The number of nitrogens with one attached hydrogen (secondary N) is 2. The fourth-order valence-corrected chi connectivity index (χ4v) is 5.66. The van der Waals surface area contributed by atoms with Crippen molar-refractivity contribution in [2.24, 2.45) is 5.92 Å². The summed E-state index contributed by atoms with van der Waals surface area (Å²) in [5.41, 5.74) is 4.84. The SMILES string of the molecule is Cc1ccc2[nH]c3c(c2c1)CC(C(=O)NC1CCS(=O)(=O)C1)CC3. The molecule has 1 fully saturated rings. The van der Waals surface area contributed by atoms with E-state index in [0.29, 0.717) is 6.42 Å². The third-order valence-corrected chi connectivity index (χ3v) is 7.06. The molecule has 1 amide bonds. The van der Waals surface area contributed by atoms with Crippen molar-refractivity contribution in [3.05, 3.63) is 35.0 Å². The number of carbonyl (C=O) groups excluding carboxylic acids is 1. The van der Waals surface area contributed by atoms with Gasteiger partial charge in [0.25, 0.3) is 0 Å². The number of aryl methyl sites for hydroxylation is 2. The number of sulfone groups is 1. The highest BCUT2D eigenvalue weighted by Gasteiger charge is 2.32. The monoisotopic (exact) mass is 346 g/mol. The molecule has 0 radical (unpaired) electrons. The largest absolute Gasteiger partial charge is 0.358 e.